The van der Waals surface area contributed by atoms with Gasteiger partial charge in [0.15, 0.2) is 0 Å². The summed E-state index contributed by atoms with van der Waals surface area (Å²) in [6, 6.07) is 8.00. The van der Waals surface area contributed by atoms with Crippen molar-refractivity contribution in [3.63, 3.8) is 0 Å². The molecule has 0 radical (unpaired) electrons. The lowest BCUT2D eigenvalue weighted by molar-refractivity contribution is -0.00295. The Kier molecular flexibility index (Phi) is 5.52. The third kappa shape index (κ3) is 4.20. The van der Waals surface area contributed by atoms with Gasteiger partial charge in [-0.25, -0.2) is 0 Å². The average Bonchev–Trinajstić information content (AvgIpc) is 3.13. The van der Waals surface area contributed by atoms with Crippen LogP contribution in [0.4, 0.5) is 0 Å². The Labute approximate surface area is 151 Å². The van der Waals surface area contributed by atoms with E-state index in [-0.39, 0.29) is 18.1 Å². The van der Waals surface area contributed by atoms with Gasteiger partial charge in [-0.05, 0) is 37.3 Å². The van der Waals surface area contributed by atoms with Gasteiger partial charge in [0.25, 0.3) is 5.91 Å². The van der Waals surface area contributed by atoms with E-state index in [1.165, 1.54) is 0 Å². The zero-order chi connectivity index (χ0) is 18.5. The van der Waals surface area contributed by atoms with E-state index in [0.29, 0.717) is 43.2 Å². The van der Waals surface area contributed by atoms with Crippen molar-refractivity contribution in [2.75, 3.05) is 13.2 Å². The zero-order valence-corrected chi connectivity index (χ0v) is 14.6. The van der Waals surface area contributed by atoms with Crippen LogP contribution in [-0.2, 0) is 11.3 Å². The third-order valence-electron chi connectivity index (χ3n) is 4.23. The summed E-state index contributed by atoms with van der Waals surface area (Å²) in [6.45, 7) is 3.58. The minimum absolute atomic E-state index is 0.236. The molecule has 1 aliphatic heterocycles. The van der Waals surface area contributed by atoms with E-state index in [1.807, 2.05) is 6.92 Å². The Bertz CT molecular complexity index is 772. The fourth-order valence-corrected chi connectivity index (χ4v) is 2.77. The average molecular weight is 358 g/mol. The lowest BCUT2D eigenvalue weighted by Crippen LogP contribution is -2.51. The maximum absolute atomic E-state index is 12.4. The van der Waals surface area contributed by atoms with Crippen LogP contribution in [0, 0.1) is 0 Å². The summed E-state index contributed by atoms with van der Waals surface area (Å²) in [5.74, 6) is -0.138. The zero-order valence-electron chi connectivity index (χ0n) is 14.6. The van der Waals surface area contributed by atoms with Crippen molar-refractivity contribution in [3.8, 4) is 5.75 Å². The Hall–Kier alpha value is -2.87. The summed E-state index contributed by atoms with van der Waals surface area (Å²) in [6.07, 6.45) is 2.17. The molecule has 1 aliphatic rings. The fraction of sp³-hybridized carbons (Fsp3) is 0.389. The highest BCUT2D eigenvalue weighted by molar-refractivity contribution is 5.93. The van der Waals surface area contributed by atoms with E-state index < -0.39 is 5.91 Å². The SMILES string of the molecule is CCn1ccc(C(=O)N[C@@H]2COCC[C@H]2Oc2ccc(C(N)=O)cc2)n1. The first kappa shape index (κ1) is 17.9. The first-order valence-electron chi connectivity index (χ1n) is 8.55. The van der Waals surface area contributed by atoms with Gasteiger partial charge in [-0.1, -0.05) is 0 Å². The Morgan fingerprint density at radius 2 is 2.12 bits per heavy atom. The monoisotopic (exact) mass is 358 g/mol. The fourth-order valence-electron chi connectivity index (χ4n) is 2.77. The molecule has 8 nitrogen and oxygen atoms in total. The molecule has 0 aliphatic carbocycles. The van der Waals surface area contributed by atoms with E-state index in [1.54, 1.807) is 41.2 Å². The number of benzene rings is 1. The van der Waals surface area contributed by atoms with Gasteiger partial charge >= 0.3 is 0 Å². The van der Waals surface area contributed by atoms with E-state index in [4.69, 9.17) is 15.2 Å². The number of nitrogens with two attached hydrogens (primary N) is 1. The van der Waals surface area contributed by atoms with Crippen molar-refractivity contribution in [3.05, 3.63) is 47.8 Å². The number of nitrogens with one attached hydrogen (secondary N) is 1. The molecule has 138 valence electrons. The number of hydrogen-bond donors (Lipinski definition) is 2. The predicted octanol–water partition coefficient (Wildman–Crippen LogP) is 0.968. The molecule has 3 N–H and O–H groups in total. The molecule has 3 rings (SSSR count). The summed E-state index contributed by atoms with van der Waals surface area (Å²) in [7, 11) is 0. The molecule has 1 saturated heterocycles. The van der Waals surface area contributed by atoms with Gasteiger partial charge in [-0.3, -0.25) is 14.3 Å². The third-order valence-corrected chi connectivity index (χ3v) is 4.23. The maximum Gasteiger partial charge on any atom is 0.272 e. The van der Waals surface area contributed by atoms with Gasteiger partial charge in [0, 0.05) is 24.7 Å². The predicted molar refractivity (Wildman–Crippen MR) is 94.0 cm³/mol. The van der Waals surface area contributed by atoms with Gasteiger partial charge < -0.3 is 20.5 Å². The standard InChI is InChI=1S/C18H22N4O4/c1-2-22-9-7-14(21-22)18(24)20-15-11-25-10-8-16(15)26-13-5-3-12(4-6-13)17(19)23/h3-7,9,15-16H,2,8,10-11H2,1H3,(H2,19,23)(H,20,24)/t15-,16-/m1/s1. The van der Waals surface area contributed by atoms with Gasteiger partial charge in [-0.15, -0.1) is 0 Å². The second kappa shape index (κ2) is 8.01. The largest absolute Gasteiger partial charge is 0.488 e. The molecule has 2 amide bonds. The van der Waals surface area contributed by atoms with Crippen molar-refractivity contribution in [1.82, 2.24) is 15.1 Å². The van der Waals surface area contributed by atoms with Crippen LogP contribution in [0.2, 0.25) is 0 Å². The van der Waals surface area contributed by atoms with Gasteiger partial charge in [-0.2, -0.15) is 5.10 Å². The van der Waals surface area contributed by atoms with Crippen LogP contribution in [0.5, 0.6) is 5.75 Å². The number of nitrogens with zero attached hydrogens (tertiary/aromatic N) is 2. The quantitative estimate of drug-likeness (QED) is 0.800. The molecule has 8 heteroatoms. The molecule has 1 fully saturated rings. The van der Waals surface area contributed by atoms with Crippen LogP contribution < -0.4 is 15.8 Å². The number of rotatable bonds is 6. The molecule has 2 aromatic rings. The van der Waals surface area contributed by atoms with Gasteiger partial charge in [0.2, 0.25) is 5.91 Å². The highest BCUT2D eigenvalue weighted by Gasteiger charge is 2.29. The Morgan fingerprint density at radius 1 is 1.35 bits per heavy atom. The second-order valence-corrected chi connectivity index (χ2v) is 6.05. The first-order chi connectivity index (χ1) is 12.6. The number of aryl methyl sites for hydroxylation is 1. The maximum atomic E-state index is 12.4. The molecule has 0 bridgehead atoms. The van der Waals surface area contributed by atoms with Crippen molar-refractivity contribution < 1.29 is 19.1 Å². The van der Waals surface area contributed by atoms with Crippen molar-refractivity contribution in [2.45, 2.75) is 32.0 Å². The van der Waals surface area contributed by atoms with E-state index in [2.05, 4.69) is 10.4 Å². The number of ether oxygens (including phenoxy) is 2. The van der Waals surface area contributed by atoms with Crippen LogP contribution >= 0.6 is 0 Å². The smallest absolute Gasteiger partial charge is 0.272 e. The molecule has 0 spiro atoms. The minimum atomic E-state index is -0.487. The van der Waals surface area contributed by atoms with Crippen LogP contribution in [0.1, 0.15) is 34.2 Å². The molecule has 2 atom stereocenters. The minimum Gasteiger partial charge on any atom is -0.488 e. The van der Waals surface area contributed by atoms with Gasteiger partial charge in [0.05, 0.1) is 19.3 Å². The van der Waals surface area contributed by atoms with E-state index >= 15 is 0 Å². The molecular weight excluding hydrogens is 336 g/mol. The number of amides is 2. The molecule has 0 unspecified atom stereocenters. The molecule has 1 aromatic carbocycles. The summed E-state index contributed by atoms with van der Waals surface area (Å²) >= 11 is 0. The summed E-state index contributed by atoms with van der Waals surface area (Å²) in [5.41, 5.74) is 6.02. The summed E-state index contributed by atoms with van der Waals surface area (Å²) in [5, 5.41) is 7.14. The van der Waals surface area contributed by atoms with Crippen LogP contribution in [0.15, 0.2) is 36.5 Å². The molecular formula is C18H22N4O4. The summed E-state index contributed by atoms with van der Waals surface area (Å²) in [4.78, 5) is 23.6. The van der Waals surface area contributed by atoms with Crippen LogP contribution in [-0.4, -0.2) is 47.0 Å². The Balaban J connectivity index is 1.65. The van der Waals surface area contributed by atoms with E-state index in [0.717, 1.165) is 0 Å². The second-order valence-electron chi connectivity index (χ2n) is 6.05. The number of carbonyl (C=O) groups excluding carboxylic acids is 2. The number of aromatic nitrogens is 2. The molecule has 26 heavy (non-hydrogen) atoms. The van der Waals surface area contributed by atoms with E-state index in [9.17, 15) is 9.59 Å². The highest BCUT2D eigenvalue weighted by Crippen LogP contribution is 2.19. The van der Waals surface area contributed by atoms with Crippen LogP contribution in [0.3, 0.4) is 0 Å². The normalized spacial score (nSPS) is 19.7. The molecule has 2 heterocycles. The Morgan fingerprint density at radius 3 is 2.77 bits per heavy atom. The van der Waals surface area contributed by atoms with Gasteiger partial charge in [0.1, 0.15) is 17.5 Å². The number of carbonyl (C=O) groups is 2. The highest BCUT2D eigenvalue weighted by atomic mass is 16.5. The lowest BCUT2D eigenvalue weighted by Gasteiger charge is -2.32. The molecule has 0 saturated carbocycles. The lowest BCUT2D eigenvalue weighted by atomic mass is 10.1. The number of primary amides is 1. The topological polar surface area (TPSA) is 108 Å². The molecule has 1 aromatic heterocycles. The summed E-state index contributed by atoms with van der Waals surface area (Å²) < 4.78 is 13.2. The van der Waals surface area contributed by atoms with Crippen molar-refractivity contribution >= 4 is 11.8 Å². The first-order valence-corrected chi connectivity index (χ1v) is 8.55. The van der Waals surface area contributed by atoms with Crippen molar-refractivity contribution in [2.24, 2.45) is 5.73 Å². The van der Waals surface area contributed by atoms with Crippen molar-refractivity contribution in [1.29, 1.82) is 0 Å². The number of hydrogen-bond acceptors (Lipinski definition) is 5. The van der Waals surface area contributed by atoms with Crippen LogP contribution in [0.25, 0.3) is 0 Å².